The minimum absolute atomic E-state index is 0.0415. The van der Waals surface area contributed by atoms with E-state index in [1.165, 1.54) is 14.2 Å². The van der Waals surface area contributed by atoms with Gasteiger partial charge >= 0.3 is 0 Å². The predicted octanol–water partition coefficient (Wildman–Crippen LogP) is -0.0397. The molecule has 66 valence electrons. The number of amides is 1. The molecule has 0 bridgehead atoms. The minimum Gasteiger partial charge on any atom is -0.354 e. The molecule has 0 atom stereocenters. The quantitative estimate of drug-likeness (QED) is 0.478. The predicted molar refractivity (Wildman–Crippen MR) is 41.5 cm³/mol. The van der Waals surface area contributed by atoms with E-state index in [1.807, 2.05) is 0 Å². The molecule has 0 rings (SSSR count). The first-order valence-electron chi connectivity index (χ1n) is 3.12. The smallest absolute Gasteiger partial charge is 0.235 e. The van der Waals surface area contributed by atoms with Crippen LogP contribution in [0.3, 0.4) is 0 Å². The van der Waals surface area contributed by atoms with Gasteiger partial charge in [0, 0.05) is 14.2 Å². The van der Waals surface area contributed by atoms with Crippen LogP contribution in [0.1, 0.15) is 0 Å². The fraction of sp³-hybridized carbons (Fsp3) is 0.833. The first-order valence-corrected chi connectivity index (χ1v) is 3.66. The van der Waals surface area contributed by atoms with E-state index in [1.54, 1.807) is 0 Å². The standard InChI is InChI=1S/C6H12ClNO3/c1-10-6(11-2)4-8-5(9)3-7/h6H,3-4H2,1-2H3,(H,8,9). The summed E-state index contributed by atoms with van der Waals surface area (Å²) in [6.07, 6.45) is -0.401. The van der Waals surface area contributed by atoms with Crippen molar-refractivity contribution in [2.75, 3.05) is 26.6 Å². The van der Waals surface area contributed by atoms with Crippen molar-refractivity contribution in [1.29, 1.82) is 0 Å². The minimum atomic E-state index is -0.401. The number of halogens is 1. The Balaban J connectivity index is 3.42. The number of hydrogen-bond donors (Lipinski definition) is 1. The fourth-order valence-corrected chi connectivity index (χ4v) is 0.602. The molecule has 0 aromatic rings. The average molecular weight is 182 g/mol. The molecule has 0 saturated carbocycles. The van der Waals surface area contributed by atoms with E-state index in [0.29, 0.717) is 6.54 Å². The molecule has 5 heteroatoms. The summed E-state index contributed by atoms with van der Waals surface area (Å²) in [4.78, 5) is 10.6. The summed E-state index contributed by atoms with van der Waals surface area (Å²) in [5.41, 5.74) is 0. The van der Waals surface area contributed by atoms with Crippen LogP contribution >= 0.6 is 11.6 Å². The van der Waals surface area contributed by atoms with Gasteiger partial charge in [-0.3, -0.25) is 4.79 Å². The van der Waals surface area contributed by atoms with Crippen molar-refractivity contribution in [1.82, 2.24) is 5.32 Å². The van der Waals surface area contributed by atoms with Gasteiger partial charge in [0.25, 0.3) is 0 Å². The van der Waals surface area contributed by atoms with Gasteiger partial charge in [0.05, 0.1) is 6.54 Å². The molecule has 0 aliphatic carbocycles. The Bertz CT molecular complexity index is 116. The van der Waals surface area contributed by atoms with Gasteiger partial charge in [-0.15, -0.1) is 11.6 Å². The molecule has 1 amide bonds. The van der Waals surface area contributed by atoms with E-state index in [9.17, 15) is 4.79 Å². The van der Waals surface area contributed by atoms with Crippen LogP contribution in [0.25, 0.3) is 0 Å². The van der Waals surface area contributed by atoms with E-state index in [-0.39, 0.29) is 11.8 Å². The Morgan fingerprint density at radius 2 is 2.09 bits per heavy atom. The molecule has 1 N–H and O–H groups in total. The Hall–Kier alpha value is -0.320. The van der Waals surface area contributed by atoms with Crippen molar-refractivity contribution in [2.24, 2.45) is 0 Å². The summed E-state index contributed by atoms with van der Waals surface area (Å²) in [6, 6.07) is 0. The number of ether oxygens (including phenoxy) is 2. The van der Waals surface area contributed by atoms with E-state index in [0.717, 1.165) is 0 Å². The maximum absolute atomic E-state index is 10.6. The van der Waals surface area contributed by atoms with Crippen LogP contribution in [-0.4, -0.2) is 38.8 Å². The molecule has 11 heavy (non-hydrogen) atoms. The van der Waals surface area contributed by atoms with Crippen LogP contribution < -0.4 is 5.32 Å². The largest absolute Gasteiger partial charge is 0.354 e. The molecule has 0 radical (unpaired) electrons. The number of hydrogen-bond acceptors (Lipinski definition) is 3. The lowest BCUT2D eigenvalue weighted by molar-refractivity contribution is -0.125. The Morgan fingerprint density at radius 1 is 1.55 bits per heavy atom. The second kappa shape index (κ2) is 6.39. The van der Waals surface area contributed by atoms with Gasteiger partial charge in [-0.2, -0.15) is 0 Å². The Morgan fingerprint density at radius 3 is 2.45 bits per heavy atom. The summed E-state index contributed by atoms with van der Waals surface area (Å²) >= 11 is 5.23. The molecular weight excluding hydrogens is 170 g/mol. The van der Waals surface area contributed by atoms with Crippen molar-refractivity contribution >= 4 is 17.5 Å². The van der Waals surface area contributed by atoms with E-state index < -0.39 is 6.29 Å². The maximum atomic E-state index is 10.6. The summed E-state index contributed by atoms with van der Waals surface area (Å²) in [6.45, 7) is 0.318. The van der Waals surface area contributed by atoms with Crippen LogP contribution in [0.5, 0.6) is 0 Å². The zero-order valence-electron chi connectivity index (χ0n) is 6.59. The number of methoxy groups -OCH3 is 2. The first-order chi connectivity index (χ1) is 5.24. The molecule has 0 unspecified atom stereocenters. The summed E-state index contributed by atoms with van der Waals surface area (Å²) in [5, 5.41) is 2.51. The molecule has 4 nitrogen and oxygen atoms in total. The van der Waals surface area contributed by atoms with E-state index >= 15 is 0 Å². The molecule has 0 aromatic carbocycles. The molecule has 0 saturated heterocycles. The zero-order valence-corrected chi connectivity index (χ0v) is 7.35. The first kappa shape index (κ1) is 10.7. The van der Waals surface area contributed by atoms with Crippen LogP contribution in [0.2, 0.25) is 0 Å². The van der Waals surface area contributed by atoms with E-state index in [2.05, 4.69) is 5.32 Å². The van der Waals surface area contributed by atoms with Crippen LogP contribution in [0.15, 0.2) is 0 Å². The van der Waals surface area contributed by atoms with Gasteiger partial charge in [-0.25, -0.2) is 0 Å². The molecule has 0 aliphatic heterocycles. The van der Waals surface area contributed by atoms with Crippen molar-refractivity contribution < 1.29 is 14.3 Å². The monoisotopic (exact) mass is 181 g/mol. The highest BCUT2D eigenvalue weighted by molar-refractivity contribution is 6.27. The number of nitrogens with one attached hydrogen (secondary N) is 1. The van der Waals surface area contributed by atoms with Crippen LogP contribution in [0, 0.1) is 0 Å². The Kier molecular flexibility index (Phi) is 6.21. The highest BCUT2D eigenvalue weighted by Gasteiger charge is 2.05. The van der Waals surface area contributed by atoms with Gasteiger partial charge < -0.3 is 14.8 Å². The van der Waals surface area contributed by atoms with Crippen LogP contribution in [-0.2, 0) is 14.3 Å². The average Bonchev–Trinajstić information content (AvgIpc) is 2.06. The highest BCUT2D eigenvalue weighted by Crippen LogP contribution is 1.87. The number of alkyl halides is 1. The number of rotatable bonds is 5. The second-order valence-corrected chi connectivity index (χ2v) is 2.11. The van der Waals surface area contributed by atoms with Crippen molar-refractivity contribution in [3.05, 3.63) is 0 Å². The molecule has 0 heterocycles. The fourth-order valence-electron chi connectivity index (χ4n) is 0.507. The lowest BCUT2D eigenvalue weighted by Crippen LogP contribution is -2.34. The summed E-state index contributed by atoms with van der Waals surface area (Å²) in [5.74, 6) is -0.272. The maximum Gasteiger partial charge on any atom is 0.235 e. The normalized spacial score (nSPS) is 10.2. The van der Waals surface area contributed by atoms with Gasteiger partial charge in [-0.05, 0) is 0 Å². The van der Waals surface area contributed by atoms with Gasteiger partial charge in [0.15, 0.2) is 6.29 Å². The number of carbonyl (C=O) groups excluding carboxylic acids is 1. The van der Waals surface area contributed by atoms with Crippen molar-refractivity contribution in [2.45, 2.75) is 6.29 Å². The van der Waals surface area contributed by atoms with E-state index in [4.69, 9.17) is 21.1 Å². The lowest BCUT2D eigenvalue weighted by Gasteiger charge is -2.12. The Labute approximate surface area is 70.8 Å². The molecule has 0 spiro atoms. The zero-order chi connectivity index (χ0) is 8.69. The molecular formula is C6H12ClNO3. The van der Waals surface area contributed by atoms with Crippen molar-refractivity contribution in [3.63, 3.8) is 0 Å². The molecule has 0 aromatic heterocycles. The summed E-state index contributed by atoms with van der Waals surface area (Å²) < 4.78 is 9.63. The third kappa shape index (κ3) is 5.01. The number of carbonyl (C=O) groups is 1. The third-order valence-electron chi connectivity index (χ3n) is 1.11. The molecule has 0 aliphatic rings. The second-order valence-electron chi connectivity index (χ2n) is 1.84. The third-order valence-corrected chi connectivity index (χ3v) is 1.36. The van der Waals surface area contributed by atoms with Gasteiger partial charge in [0.2, 0.25) is 5.91 Å². The van der Waals surface area contributed by atoms with Gasteiger partial charge in [0.1, 0.15) is 5.88 Å². The lowest BCUT2D eigenvalue weighted by atomic mass is 10.5. The van der Waals surface area contributed by atoms with Crippen LogP contribution in [0.4, 0.5) is 0 Å². The highest BCUT2D eigenvalue weighted by atomic mass is 35.5. The molecule has 0 fully saturated rings. The van der Waals surface area contributed by atoms with Crippen molar-refractivity contribution in [3.8, 4) is 0 Å². The summed E-state index contributed by atoms with van der Waals surface area (Å²) in [7, 11) is 3.00. The SMILES string of the molecule is COC(CNC(=O)CCl)OC. The topological polar surface area (TPSA) is 47.6 Å². The van der Waals surface area contributed by atoms with Gasteiger partial charge in [-0.1, -0.05) is 0 Å².